The highest BCUT2D eigenvalue weighted by molar-refractivity contribution is 6.30. The molecule has 0 N–H and O–H groups in total. The molecule has 0 saturated carbocycles. The lowest BCUT2D eigenvalue weighted by molar-refractivity contribution is -0.137. The second-order valence-corrected chi connectivity index (χ2v) is 14.6. The van der Waals surface area contributed by atoms with Gasteiger partial charge in [-0.05, 0) is 112 Å². The third kappa shape index (κ3) is 5.11. The smallest absolute Gasteiger partial charge is 0.416 e. The first-order chi connectivity index (χ1) is 28.0. The van der Waals surface area contributed by atoms with E-state index in [4.69, 9.17) is 4.42 Å². The summed E-state index contributed by atoms with van der Waals surface area (Å²) >= 11 is 0. The summed E-state index contributed by atoms with van der Waals surface area (Å²) in [6.07, 6.45) is -4.42. The minimum absolute atomic E-state index is 0.666. The molecule has 4 heteroatoms. The van der Waals surface area contributed by atoms with Crippen molar-refractivity contribution >= 4 is 65.0 Å². The lowest BCUT2D eigenvalue weighted by Crippen LogP contribution is -2.04. The fourth-order valence-electron chi connectivity index (χ4n) is 9.17. The molecular formula is C53H31F3O. The van der Waals surface area contributed by atoms with E-state index in [1.807, 2.05) is 36.4 Å². The number of furan rings is 1. The van der Waals surface area contributed by atoms with E-state index < -0.39 is 11.7 Å². The van der Waals surface area contributed by atoms with Gasteiger partial charge in [-0.25, -0.2) is 0 Å². The number of fused-ring (bicyclic) bond motifs is 7. The van der Waals surface area contributed by atoms with Crippen molar-refractivity contribution in [3.8, 4) is 44.5 Å². The molecule has 0 spiro atoms. The third-order valence-corrected chi connectivity index (χ3v) is 11.5. The van der Waals surface area contributed by atoms with Gasteiger partial charge in [-0.3, -0.25) is 0 Å². The summed E-state index contributed by atoms with van der Waals surface area (Å²) in [7, 11) is 0. The maximum absolute atomic E-state index is 13.7. The van der Waals surface area contributed by atoms with Gasteiger partial charge in [0, 0.05) is 10.8 Å². The second kappa shape index (κ2) is 12.7. The number of rotatable bonds is 4. The molecule has 0 aliphatic rings. The minimum atomic E-state index is -4.42. The fraction of sp³-hybridized carbons (Fsp3) is 0.0189. The number of hydrogen-bond acceptors (Lipinski definition) is 1. The van der Waals surface area contributed by atoms with Gasteiger partial charge in [-0.15, -0.1) is 0 Å². The Kier molecular flexibility index (Phi) is 7.39. The van der Waals surface area contributed by atoms with Crippen LogP contribution in [0.4, 0.5) is 13.2 Å². The molecule has 1 nitrogen and oxygen atoms in total. The highest BCUT2D eigenvalue weighted by Gasteiger charge is 2.30. The van der Waals surface area contributed by atoms with Crippen LogP contribution in [0.2, 0.25) is 0 Å². The van der Waals surface area contributed by atoms with Crippen molar-refractivity contribution in [2.75, 3.05) is 0 Å². The molecule has 0 bridgehead atoms. The van der Waals surface area contributed by atoms with Crippen molar-refractivity contribution in [3.05, 3.63) is 194 Å². The molecule has 0 amide bonds. The molecule has 10 aromatic carbocycles. The van der Waals surface area contributed by atoms with Crippen LogP contribution in [-0.2, 0) is 6.18 Å². The molecule has 0 saturated heterocycles. The summed E-state index contributed by atoms with van der Waals surface area (Å²) in [6, 6.07) is 62.6. The van der Waals surface area contributed by atoms with Crippen LogP contribution >= 0.6 is 0 Å². The van der Waals surface area contributed by atoms with E-state index in [0.717, 1.165) is 87.6 Å². The molecule has 1 heterocycles. The lowest BCUT2D eigenvalue weighted by Gasteiger charge is -2.19. The third-order valence-electron chi connectivity index (χ3n) is 11.5. The van der Waals surface area contributed by atoms with Gasteiger partial charge < -0.3 is 4.42 Å². The summed E-state index contributed by atoms with van der Waals surface area (Å²) in [5.41, 5.74) is 9.24. The summed E-state index contributed by atoms with van der Waals surface area (Å²) < 4.78 is 47.7. The maximum atomic E-state index is 13.7. The van der Waals surface area contributed by atoms with Gasteiger partial charge in [-0.1, -0.05) is 164 Å². The van der Waals surface area contributed by atoms with Crippen molar-refractivity contribution in [3.63, 3.8) is 0 Å². The lowest BCUT2D eigenvalue weighted by atomic mass is 9.83. The van der Waals surface area contributed by atoms with E-state index >= 15 is 0 Å². The molecule has 0 radical (unpaired) electrons. The van der Waals surface area contributed by atoms with E-state index in [9.17, 15) is 13.2 Å². The van der Waals surface area contributed by atoms with Crippen molar-refractivity contribution in [2.24, 2.45) is 0 Å². The van der Waals surface area contributed by atoms with Crippen molar-refractivity contribution in [2.45, 2.75) is 6.18 Å². The molecule has 0 aliphatic carbocycles. The minimum Gasteiger partial charge on any atom is -0.456 e. The molecule has 1 aromatic heterocycles. The number of hydrogen-bond donors (Lipinski definition) is 0. The van der Waals surface area contributed by atoms with E-state index in [1.54, 1.807) is 12.1 Å². The molecule has 0 atom stereocenters. The summed E-state index contributed by atoms with van der Waals surface area (Å²) in [5.74, 6) is 0. The quantitative estimate of drug-likeness (QED) is 0.164. The van der Waals surface area contributed by atoms with Crippen LogP contribution in [0.15, 0.2) is 192 Å². The van der Waals surface area contributed by atoms with Crippen LogP contribution in [-0.4, -0.2) is 0 Å². The first-order valence-corrected chi connectivity index (χ1v) is 19.0. The van der Waals surface area contributed by atoms with E-state index in [1.165, 1.54) is 34.0 Å². The van der Waals surface area contributed by atoms with Gasteiger partial charge in [-0.2, -0.15) is 13.2 Å². The topological polar surface area (TPSA) is 13.1 Å². The van der Waals surface area contributed by atoms with Gasteiger partial charge in [0.1, 0.15) is 11.2 Å². The Morgan fingerprint density at radius 3 is 1.00 bits per heavy atom. The Bertz CT molecular complexity index is 3260. The first kappa shape index (κ1) is 33.2. The number of benzene rings is 10. The molecule has 57 heavy (non-hydrogen) atoms. The monoisotopic (exact) mass is 740 g/mol. The zero-order valence-corrected chi connectivity index (χ0v) is 30.4. The number of halogens is 3. The van der Waals surface area contributed by atoms with Gasteiger partial charge >= 0.3 is 6.18 Å². The van der Waals surface area contributed by atoms with Crippen LogP contribution < -0.4 is 0 Å². The van der Waals surface area contributed by atoms with Crippen LogP contribution in [0.1, 0.15) is 5.56 Å². The van der Waals surface area contributed by atoms with Crippen LogP contribution in [0.3, 0.4) is 0 Å². The molecular weight excluding hydrogens is 710 g/mol. The number of alkyl halides is 3. The van der Waals surface area contributed by atoms with Gasteiger partial charge in [0.05, 0.1) is 5.56 Å². The Hall–Kier alpha value is -7.17. The highest BCUT2D eigenvalue weighted by Crippen LogP contribution is 2.51. The predicted octanol–water partition coefficient (Wildman–Crippen LogP) is 15.9. The van der Waals surface area contributed by atoms with Crippen LogP contribution in [0.25, 0.3) is 110 Å². The molecule has 11 rings (SSSR count). The van der Waals surface area contributed by atoms with E-state index in [-0.39, 0.29) is 0 Å². The first-order valence-electron chi connectivity index (χ1n) is 19.0. The van der Waals surface area contributed by atoms with E-state index in [2.05, 4.69) is 127 Å². The molecule has 270 valence electrons. The zero-order chi connectivity index (χ0) is 38.3. The zero-order valence-electron chi connectivity index (χ0n) is 30.4. The van der Waals surface area contributed by atoms with Crippen molar-refractivity contribution < 1.29 is 17.6 Å². The average Bonchev–Trinajstić information content (AvgIpc) is 3.64. The molecule has 0 aliphatic heterocycles. The predicted molar refractivity (Wildman–Crippen MR) is 230 cm³/mol. The largest absolute Gasteiger partial charge is 0.456 e. The summed E-state index contributed by atoms with van der Waals surface area (Å²) in [4.78, 5) is 0. The molecule has 0 unspecified atom stereocenters. The Balaban J connectivity index is 1.25. The second-order valence-electron chi connectivity index (χ2n) is 14.6. The maximum Gasteiger partial charge on any atom is 0.416 e. The van der Waals surface area contributed by atoms with Gasteiger partial charge in [0.25, 0.3) is 0 Å². The van der Waals surface area contributed by atoms with Crippen molar-refractivity contribution in [1.29, 1.82) is 0 Å². The van der Waals surface area contributed by atoms with Gasteiger partial charge in [0.2, 0.25) is 0 Å². The Morgan fingerprint density at radius 2 is 0.632 bits per heavy atom. The Labute approximate surface area is 325 Å². The fourth-order valence-corrected chi connectivity index (χ4v) is 9.17. The molecule has 11 aromatic rings. The normalized spacial score (nSPS) is 12.1. The Morgan fingerprint density at radius 1 is 0.298 bits per heavy atom. The van der Waals surface area contributed by atoms with Crippen molar-refractivity contribution in [1.82, 2.24) is 0 Å². The standard InChI is InChI=1S/C53H31F3O/c54-53(55,56)34-30-28-33(29-31-34)48-37-18-6-10-22-41(37)50(42-23-11-7-19-38(42)48)44-25-13-27-46-52(44)51-43(24-12-26-45(51)57-46)49-39-20-8-4-16-35(39)47(32-14-2-1-3-15-32)36-17-5-9-21-40(36)49/h1-31H. The average molecular weight is 741 g/mol. The van der Waals surface area contributed by atoms with Gasteiger partial charge in [0.15, 0.2) is 0 Å². The van der Waals surface area contributed by atoms with Crippen LogP contribution in [0, 0.1) is 0 Å². The molecule has 0 fully saturated rings. The van der Waals surface area contributed by atoms with E-state index in [0.29, 0.717) is 0 Å². The SMILES string of the molecule is FC(F)(F)c1ccc(-c2c3ccccc3c(-c3cccc4oc5cccc(-c6c7ccccc7c(-c7ccccc7)c7ccccc67)c5c34)c3ccccc23)cc1. The summed E-state index contributed by atoms with van der Waals surface area (Å²) in [6.45, 7) is 0. The van der Waals surface area contributed by atoms with Crippen LogP contribution in [0.5, 0.6) is 0 Å². The highest BCUT2D eigenvalue weighted by atomic mass is 19.4. The summed E-state index contributed by atoms with van der Waals surface area (Å²) in [5, 5.41) is 10.7.